The highest BCUT2D eigenvalue weighted by Crippen LogP contribution is 2.41. The van der Waals surface area contributed by atoms with Gasteiger partial charge in [-0.05, 0) is 36.8 Å². The van der Waals surface area contributed by atoms with Gasteiger partial charge in [0.05, 0.1) is 17.8 Å². The van der Waals surface area contributed by atoms with Gasteiger partial charge in [0, 0.05) is 16.2 Å². The fourth-order valence-electron chi connectivity index (χ4n) is 3.21. The van der Waals surface area contributed by atoms with E-state index in [0.29, 0.717) is 17.2 Å². The second kappa shape index (κ2) is 8.49. The van der Waals surface area contributed by atoms with Gasteiger partial charge in [-0.1, -0.05) is 30.3 Å². The van der Waals surface area contributed by atoms with Crippen LogP contribution >= 0.6 is 11.6 Å². The molecule has 0 fully saturated rings. The Balaban J connectivity index is 2.07. The van der Waals surface area contributed by atoms with Gasteiger partial charge in [0.1, 0.15) is 23.4 Å². The Morgan fingerprint density at radius 2 is 1.90 bits per heavy atom. The number of anilines is 1. The molecule has 2 aromatic rings. The van der Waals surface area contributed by atoms with Crippen LogP contribution in [0.5, 0.6) is 0 Å². The van der Waals surface area contributed by atoms with E-state index in [1.54, 1.807) is 0 Å². The van der Waals surface area contributed by atoms with Crippen molar-refractivity contribution in [3.05, 3.63) is 76.2 Å². The van der Waals surface area contributed by atoms with Crippen LogP contribution in [0, 0.1) is 11.7 Å². The highest BCUT2D eigenvalue weighted by molar-refractivity contribution is 6.35. The van der Waals surface area contributed by atoms with E-state index in [1.165, 1.54) is 24.3 Å². The average Bonchev–Trinajstić information content (AvgIpc) is 2.68. The molecule has 3 rings (SSSR count). The summed E-state index contributed by atoms with van der Waals surface area (Å²) in [6.07, 6.45) is -4.79. The molecule has 1 atom stereocenters. The molecule has 1 aliphatic rings. The van der Waals surface area contributed by atoms with E-state index in [4.69, 9.17) is 11.6 Å². The van der Waals surface area contributed by atoms with Crippen molar-refractivity contribution in [1.29, 1.82) is 0 Å². The normalized spacial score (nSPS) is 17.0. The molecule has 9 heteroatoms. The zero-order valence-corrected chi connectivity index (χ0v) is 16.9. The fraction of sp³-hybridized carbons (Fsp3) is 0.182. The molecule has 160 valence electrons. The summed E-state index contributed by atoms with van der Waals surface area (Å²) in [7, 11) is 0. The number of carbonyl (C=O) groups is 2. The first-order valence-corrected chi connectivity index (χ1v) is 9.32. The molecular weight excluding hydrogens is 436 g/mol. The maximum atomic E-state index is 13.5. The summed E-state index contributed by atoms with van der Waals surface area (Å²) in [5.41, 5.74) is 1.59. The Labute approximate surface area is 179 Å². The Morgan fingerprint density at radius 1 is 1.26 bits per heavy atom. The third-order valence-corrected chi connectivity index (χ3v) is 4.90. The second-order valence-electron chi connectivity index (χ2n) is 6.77. The molecule has 0 aromatic heterocycles. The van der Waals surface area contributed by atoms with Gasteiger partial charge >= 0.3 is 6.18 Å². The number of halogens is 5. The number of aliphatic imine (C=N–C) groups is 1. The molecule has 0 spiro atoms. The van der Waals surface area contributed by atoms with E-state index >= 15 is 0 Å². The largest absolute Gasteiger partial charge is 0.418 e. The van der Waals surface area contributed by atoms with Crippen LogP contribution in [-0.2, 0) is 11.0 Å². The molecular formula is C22H15ClF4N2O2. The van der Waals surface area contributed by atoms with E-state index in [0.717, 1.165) is 13.0 Å². The molecule has 31 heavy (non-hydrogen) atoms. The quantitative estimate of drug-likeness (QED) is 0.376. The average molecular weight is 451 g/mol. The number of rotatable bonds is 4. The van der Waals surface area contributed by atoms with Crippen LogP contribution in [-0.4, -0.2) is 23.9 Å². The summed E-state index contributed by atoms with van der Waals surface area (Å²) in [4.78, 5) is 29.2. The van der Waals surface area contributed by atoms with E-state index < -0.39 is 40.7 Å². The van der Waals surface area contributed by atoms with Gasteiger partial charge in [-0.15, -0.1) is 5.73 Å². The summed E-state index contributed by atoms with van der Waals surface area (Å²) in [6, 6.07) is 7.14. The number of benzene rings is 2. The number of amidine groups is 1. The lowest BCUT2D eigenvalue weighted by Crippen LogP contribution is -2.40. The summed E-state index contributed by atoms with van der Waals surface area (Å²) in [6.45, 7) is 4.53. The van der Waals surface area contributed by atoms with Crippen LogP contribution in [0.4, 0.5) is 23.2 Å². The van der Waals surface area contributed by atoms with Gasteiger partial charge in [-0.3, -0.25) is 14.6 Å². The molecule has 2 aromatic carbocycles. The molecule has 0 radical (unpaired) electrons. The number of fused-ring (bicyclic) bond motifs is 1. The highest BCUT2D eigenvalue weighted by atomic mass is 35.5. The van der Waals surface area contributed by atoms with Crippen molar-refractivity contribution >= 4 is 40.3 Å². The Bertz CT molecular complexity index is 1150. The van der Waals surface area contributed by atoms with Crippen LogP contribution in [0.1, 0.15) is 28.4 Å². The van der Waals surface area contributed by atoms with Crippen LogP contribution in [0.25, 0.3) is 5.57 Å². The Hall–Kier alpha value is -3.22. The molecule has 0 bridgehead atoms. The van der Waals surface area contributed by atoms with Crippen LogP contribution < -0.4 is 5.32 Å². The zero-order valence-electron chi connectivity index (χ0n) is 16.1. The van der Waals surface area contributed by atoms with Gasteiger partial charge in [-0.2, -0.15) is 13.2 Å². The van der Waals surface area contributed by atoms with Crippen molar-refractivity contribution in [2.24, 2.45) is 10.9 Å². The first-order chi connectivity index (χ1) is 14.5. The minimum atomic E-state index is -4.79. The smallest absolute Gasteiger partial charge is 0.342 e. The van der Waals surface area contributed by atoms with E-state index in [-0.39, 0.29) is 23.0 Å². The molecule has 1 N–H and O–H groups in total. The predicted molar refractivity (Wildman–Crippen MR) is 110 cm³/mol. The maximum absolute atomic E-state index is 13.5. The number of ketones is 2. The van der Waals surface area contributed by atoms with Crippen LogP contribution in [0.15, 0.2) is 53.7 Å². The van der Waals surface area contributed by atoms with Crippen LogP contribution in [0.2, 0.25) is 5.02 Å². The van der Waals surface area contributed by atoms with Gasteiger partial charge < -0.3 is 5.32 Å². The lowest BCUT2D eigenvalue weighted by atomic mass is 9.87. The molecule has 1 aliphatic heterocycles. The third kappa shape index (κ3) is 4.60. The van der Waals surface area contributed by atoms with Crippen molar-refractivity contribution in [3.63, 3.8) is 0 Å². The monoisotopic (exact) mass is 450 g/mol. The van der Waals surface area contributed by atoms with Crippen molar-refractivity contribution in [3.8, 4) is 0 Å². The number of nitrogens with zero attached hydrogens (tertiary/aromatic N) is 1. The van der Waals surface area contributed by atoms with Crippen molar-refractivity contribution in [2.45, 2.75) is 13.1 Å². The number of Topliss-reactive ketones (excluding diaryl/α,β-unsaturated/α-hetero) is 2. The molecule has 0 amide bonds. The zero-order chi connectivity index (χ0) is 22.9. The van der Waals surface area contributed by atoms with Crippen molar-refractivity contribution in [1.82, 2.24) is 0 Å². The number of carbonyl (C=O) groups excluding carboxylic acids is 2. The summed E-state index contributed by atoms with van der Waals surface area (Å²) in [5, 5.41) is 2.23. The molecule has 1 heterocycles. The van der Waals surface area contributed by atoms with Crippen molar-refractivity contribution < 1.29 is 27.2 Å². The van der Waals surface area contributed by atoms with Crippen molar-refractivity contribution in [2.75, 3.05) is 11.9 Å². The topological polar surface area (TPSA) is 58.5 Å². The standard InChI is InChI=1S/C22H15ClF4N2O2/c1-3-12(13-4-6-15(24)7-5-13)10-28-21-18(11(2)30)20(31)16-8-14(23)9-17(19(16)29-21)22(25,26)27/h4-9,18H,1,10H2,2H3,(H,28,29). The number of nitrogens with one attached hydrogen (secondary N) is 1. The minimum Gasteiger partial charge on any atom is -0.342 e. The Morgan fingerprint density at radius 3 is 2.45 bits per heavy atom. The molecule has 4 nitrogen and oxygen atoms in total. The maximum Gasteiger partial charge on any atom is 0.418 e. The van der Waals surface area contributed by atoms with E-state index in [9.17, 15) is 27.2 Å². The minimum absolute atomic E-state index is 0.154. The van der Waals surface area contributed by atoms with Gasteiger partial charge in [0.15, 0.2) is 5.78 Å². The SMILES string of the molecule is C=C=C(CN=C1Nc2c(cc(Cl)cc2C(F)(F)F)C(=O)C1C(C)=O)c1ccc(F)cc1. The first-order valence-electron chi connectivity index (χ1n) is 8.94. The van der Waals surface area contributed by atoms with E-state index in [1.807, 2.05) is 0 Å². The summed E-state index contributed by atoms with van der Waals surface area (Å²) in [5.74, 6) is -3.52. The van der Waals surface area contributed by atoms with Gasteiger partial charge in [0.25, 0.3) is 0 Å². The van der Waals surface area contributed by atoms with Crippen LogP contribution in [0.3, 0.4) is 0 Å². The number of alkyl halides is 3. The molecule has 0 saturated heterocycles. The summed E-state index contributed by atoms with van der Waals surface area (Å²) < 4.78 is 53.7. The van der Waals surface area contributed by atoms with E-state index in [2.05, 4.69) is 22.6 Å². The van der Waals surface area contributed by atoms with Gasteiger partial charge in [0.2, 0.25) is 0 Å². The predicted octanol–water partition coefficient (Wildman–Crippen LogP) is 5.58. The lowest BCUT2D eigenvalue weighted by molar-refractivity contribution is -0.136. The fourth-order valence-corrected chi connectivity index (χ4v) is 3.43. The molecule has 0 aliphatic carbocycles. The molecule has 0 saturated carbocycles. The number of hydrogen-bond donors (Lipinski definition) is 1. The lowest BCUT2D eigenvalue weighted by Gasteiger charge is -2.28. The highest BCUT2D eigenvalue weighted by Gasteiger charge is 2.42. The Kier molecular flexibility index (Phi) is 6.15. The molecule has 1 unspecified atom stereocenters. The summed E-state index contributed by atoms with van der Waals surface area (Å²) >= 11 is 5.78. The first kappa shape index (κ1) is 22.5. The number of hydrogen-bond acceptors (Lipinski definition) is 3. The second-order valence-corrected chi connectivity index (χ2v) is 7.21. The third-order valence-electron chi connectivity index (χ3n) is 4.68. The van der Waals surface area contributed by atoms with Gasteiger partial charge in [-0.25, -0.2) is 4.39 Å².